The smallest absolute Gasteiger partial charge is 0.270 e. The molecule has 19 heavy (non-hydrogen) atoms. The van der Waals surface area contributed by atoms with E-state index in [2.05, 4.69) is 17.2 Å². The predicted molar refractivity (Wildman–Crippen MR) is 74.2 cm³/mol. The topological polar surface area (TPSA) is 62.2 Å². The van der Waals surface area contributed by atoms with Crippen molar-refractivity contribution in [3.8, 4) is 0 Å². The first-order valence-corrected chi connectivity index (χ1v) is 6.98. The van der Waals surface area contributed by atoms with Gasteiger partial charge in [-0.05, 0) is 30.9 Å². The van der Waals surface area contributed by atoms with Crippen LogP contribution in [0.3, 0.4) is 0 Å². The number of carbonyl (C=O) groups is 1. The Morgan fingerprint density at radius 2 is 2.47 bits per heavy atom. The molecule has 0 aromatic carbocycles. The monoisotopic (exact) mass is 282 g/mol. The number of hydrogen-bond acceptors (Lipinski definition) is 3. The summed E-state index contributed by atoms with van der Waals surface area (Å²) in [6, 6.07) is 3.14. The van der Waals surface area contributed by atoms with Gasteiger partial charge in [0.1, 0.15) is 5.69 Å². The van der Waals surface area contributed by atoms with E-state index in [1.165, 1.54) is 12.3 Å². The lowest BCUT2D eigenvalue weighted by molar-refractivity contribution is -0.0109. The van der Waals surface area contributed by atoms with E-state index in [0.717, 1.165) is 25.7 Å². The Kier molecular flexibility index (Phi) is 4.42. The summed E-state index contributed by atoms with van der Waals surface area (Å²) in [5.74, 6) is 0.203. The molecule has 104 valence electrons. The van der Waals surface area contributed by atoms with Crippen molar-refractivity contribution in [3.05, 3.63) is 29.0 Å². The summed E-state index contributed by atoms with van der Waals surface area (Å²) in [6.07, 6.45) is 5.11. The third kappa shape index (κ3) is 3.91. The number of halogens is 1. The highest BCUT2D eigenvalue weighted by Gasteiger charge is 2.32. The van der Waals surface area contributed by atoms with E-state index in [1.54, 1.807) is 6.07 Å². The third-order valence-electron chi connectivity index (χ3n) is 3.60. The minimum absolute atomic E-state index is 0.268. The molecule has 1 aliphatic rings. The van der Waals surface area contributed by atoms with Crippen molar-refractivity contribution in [2.24, 2.45) is 5.92 Å². The fourth-order valence-electron chi connectivity index (χ4n) is 2.66. The molecule has 0 spiro atoms. The molecular weight excluding hydrogens is 264 g/mol. The van der Waals surface area contributed by atoms with Crippen LogP contribution < -0.4 is 5.32 Å². The van der Waals surface area contributed by atoms with Crippen LogP contribution in [0.2, 0.25) is 5.02 Å². The Hall–Kier alpha value is -1.13. The molecule has 1 aromatic rings. The molecule has 1 amide bonds. The van der Waals surface area contributed by atoms with Gasteiger partial charge in [-0.25, -0.2) is 0 Å². The molecule has 0 saturated heterocycles. The molecule has 2 N–H and O–H groups in total. The van der Waals surface area contributed by atoms with Crippen molar-refractivity contribution in [3.63, 3.8) is 0 Å². The van der Waals surface area contributed by atoms with Crippen LogP contribution >= 0.6 is 11.6 Å². The van der Waals surface area contributed by atoms with E-state index in [-0.39, 0.29) is 18.1 Å². The van der Waals surface area contributed by atoms with Crippen molar-refractivity contribution in [2.75, 3.05) is 6.54 Å². The number of rotatable bonds is 3. The zero-order valence-corrected chi connectivity index (χ0v) is 11.8. The van der Waals surface area contributed by atoms with Gasteiger partial charge in [-0.1, -0.05) is 31.4 Å². The summed E-state index contributed by atoms with van der Waals surface area (Å²) in [5.41, 5.74) is -0.508. The number of pyridine rings is 1. The molecule has 1 fully saturated rings. The molecule has 2 atom stereocenters. The highest BCUT2D eigenvalue weighted by Crippen LogP contribution is 2.31. The van der Waals surface area contributed by atoms with Crippen molar-refractivity contribution in [1.29, 1.82) is 0 Å². The minimum atomic E-state index is -0.786. The van der Waals surface area contributed by atoms with Gasteiger partial charge in [0.25, 0.3) is 5.91 Å². The van der Waals surface area contributed by atoms with Gasteiger partial charge in [0.2, 0.25) is 0 Å². The SMILES string of the molecule is CC1CCCC(O)(CNC(=O)c2cc(Cl)ccn2)C1. The second kappa shape index (κ2) is 5.88. The molecule has 1 saturated carbocycles. The maximum atomic E-state index is 11.9. The number of aliphatic hydroxyl groups is 1. The molecule has 0 radical (unpaired) electrons. The zero-order chi connectivity index (χ0) is 13.9. The first kappa shape index (κ1) is 14.3. The quantitative estimate of drug-likeness (QED) is 0.895. The zero-order valence-electron chi connectivity index (χ0n) is 11.0. The molecule has 4 nitrogen and oxygen atoms in total. The Balaban J connectivity index is 1.93. The second-order valence-electron chi connectivity index (χ2n) is 5.47. The summed E-state index contributed by atoms with van der Waals surface area (Å²) < 4.78 is 0. The van der Waals surface area contributed by atoms with E-state index in [1.807, 2.05) is 0 Å². The van der Waals surface area contributed by atoms with Crippen LogP contribution in [0.15, 0.2) is 18.3 Å². The van der Waals surface area contributed by atoms with E-state index >= 15 is 0 Å². The number of amides is 1. The minimum Gasteiger partial charge on any atom is -0.388 e. The van der Waals surface area contributed by atoms with Gasteiger partial charge in [-0.15, -0.1) is 0 Å². The Morgan fingerprint density at radius 1 is 1.68 bits per heavy atom. The maximum Gasteiger partial charge on any atom is 0.270 e. The predicted octanol–water partition coefficient (Wildman–Crippen LogP) is 2.41. The normalized spacial score (nSPS) is 27.0. The van der Waals surface area contributed by atoms with Crippen LogP contribution in [-0.4, -0.2) is 28.1 Å². The van der Waals surface area contributed by atoms with Crippen LogP contribution in [0, 0.1) is 5.92 Å². The van der Waals surface area contributed by atoms with E-state index in [0.29, 0.717) is 10.9 Å². The number of nitrogens with one attached hydrogen (secondary N) is 1. The van der Waals surface area contributed by atoms with Gasteiger partial charge in [0.05, 0.1) is 5.60 Å². The van der Waals surface area contributed by atoms with Crippen LogP contribution in [-0.2, 0) is 0 Å². The van der Waals surface area contributed by atoms with Crippen molar-refractivity contribution in [2.45, 2.75) is 38.2 Å². The summed E-state index contributed by atoms with van der Waals surface area (Å²) in [7, 11) is 0. The van der Waals surface area contributed by atoms with Gasteiger partial charge in [-0.3, -0.25) is 9.78 Å². The van der Waals surface area contributed by atoms with Crippen molar-refractivity contribution < 1.29 is 9.90 Å². The summed E-state index contributed by atoms with van der Waals surface area (Å²) >= 11 is 5.81. The Labute approximate surface area is 118 Å². The summed E-state index contributed by atoms with van der Waals surface area (Å²) in [5, 5.41) is 13.7. The lowest BCUT2D eigenvalue weighted by atomic mass is 9.79. The maximum absolute atomic E-state index is 11.9. The molecule has 2 unspecified atom stereocenters. The Bertz CT molecular complexity index is 467. The van der Waals surface area contributed by atoms with E-state index < -0.39 is 5.60 Å². The number of aromatic nitrogens is 1. The van der Waals surface area contributed by atoms with Gasteiger partial charge in [-0.2, -0.15) is 0 Å². The van der Waals surface area contributed by atoms with Crippen LogP contribution in [0.25, 0.3) is 0 Å². The number of hydrogen-bond donors (Lipinski definition) is 2. The van der Waals surface area contributed by atoms with Crippen molar-refractivity contribution in [1.82, 2.24) is 10.3 Å². The molecule has 1 aliphatic carbocycles. The second-order valence-corrected chi connectivity index (χ2v) is 5.90. The fraction of sp³-hybridized carbons (Fsp3) is 0.571. The first-order valence-electron chi connectivity index (χ1n) is 6.61. The molecule has 0 aliphatic heterocycles. The van der Waals surface area contributed by atoms with Crippen LogP contribution in [0.1, 0.15) is 43.1 Å². The van der Waals surface area contributed by atoms with Crippen LogP contribution in [0.4, 0.5) is 0 Å². The fourth-order valence-corrected chi connectivity index (χ4v) is 2.82. The molecule has 1 aromatic heterocycles. The molecular formula is C14H19ClN2O2. The van der Waals surface area contributed by atoms with Gasteiger partial charge < -0.3 is 10.4 Å². The standard InChI is InChI=1S/C14H19ClN2O2/c1-10-3-2-5-14(19,8-10)9-17-13(18)12-7-11(15)4-6-16-12/h4,6-7,10,19H,2-3,5,8-9H2,1H3,(H,17,18). The molecule has 0 bridgehead atoms. The van der Waals surface area contributed by atoms with Crippen molar-refractivity contribution >= 4 is 17.5 Å². The average molecular weight is 283 g/mol. The summed E-state index contributed by atoms with van der Waals surface area (Å²) in [6.45, 7) is 2.40. The van der Waals surface area contributed by atoms with E-state index in [9.17, 15) is 9.90 Å². The Morgan fingerprint density at radius 3 is 3.16 bits per heavy atom. The van der Waals surface area contributed by atoms with Gasteiger partial charge >= 0.3 is 0 Å². The lowest BCUT2D eigenvalue weighted by Gasteiger charge is -2.35. The number of carbonyl (C=O) groups excluding carboxylic acids is 1. The number of nitrogens with zero attached hydrogens (tertiary/aromatic N) is 1. The average Bonchev–Trinajstić information content (AvgIpc) is 2.36. The summed E-state index contributed by atoms with van der Waals surface area (Å²) in [4.78, 5) is 15.9. The van der Waals surface area contributed by atoms with Gasteiger partial charge in [0, 0.05) is 17.8 Å². The molecule has 2 rings (SSSR count). The molecule has 5 heteroatoms. The van der Waals surface area contributed by atoms with E-state index in [4.69, 9.17) is 11.6 Å². The third-order valence-corrected chi connectivity index (χ3v) is 3.84. The van der Waals surface area contributed by atoms with Gasteiger partial charge in [0.15, 0.2) is 0 Å². The largest absolute Gasteiger partial charge is 0.388 e. The lowest BCUT2D eigenvalue weighted by Crippen LogP contribution is -2.45. The highest BCUT2D eigenvalue weighted by atomic mass is 35.5. The first-order chi connectivity index (χ1) is 8.98. The van der Waals surface area contributed by atoms with Crippen LogP contribution in [0.5, 0.6) is 0 Å². The highest BCUT2D eigenvalue weighted by molar-refractivity contribution is 6.30. The molecule has 1 heterocycles.